The first-order valence-electron chi connectivity index (χ1n) is 7.41. The third-order valence-electron chi connectivity index (χ3n) is 4.16. The lowest BCUT2D eigenvalue weighted by atomic mass is 9.98. The van der Waals surface area contributed by atoms with Gasteiger partial charge in [0, 0.05) is 23.5 Å². The van der Waals surface area contributed by atoms with Gasteiger partial charge in [0.05, 0.1) is 6.10 Å². The summed E-state index contributed by atoms with van der Waals surface area (Å²) in [4.78, 5) is 2.20. The Labute approximate surface area is 124 Å². The minimum atomic E-state index is -0.691. The Kier molecular flexibility index (Phi) is 3.68. The average Bonchev–Trinajstić information content (AvgIpc) is 2.49. The van der Waals surface area contributed by atoms with Crippen molar-refractivity contribution in [1.29, 1.82) is 0 Å². The van der Waals surface area contributed by atoms with Gasteiger partial charge in [-0.15, -0.1) is 0 Å². The molecule has 0 amide bonds. The molecule has 0 saturated heterocycles. The molecular formula is C18H20FNO. The van der Waals surface area contributed by atoms with Gasteiger partial charge in [-0.1, -0.05) is 18.2 Å². The molecule has 1 N–H and O–H groups in total. The maximum Gasteiger partial charge on any atom is 0.126 e. The van der Waals surface area contributed by atoms with Crippen LogP contribution < -0.4 is 4.90 Å². The summed E-state index contributed by atoms with van der Waals surface area (Å²) >= 11 is 0. The number of anilines is 2. The molecule has 1 heterocycles. The first-order chi connectivity index (χ1) is 10.1. The van der Waals surface area contributed by atoms with Crippen LogP contribution in [0.3, 0.4) is 0 Å². The van der Waals surface area contributed by atoms with Crippen LogP contribution in [0.4, 0.5) is 15.8 Å². The number of para-hydroxylation sites is 1. The normalized spacial score (nSPS) is 15.7. The van der Waals surface area contributed by atoms with E-state index in [4.69, 9.17) is 0 Å². The summed E-state index contributed by atoms with van der Waals surface area (Å²) in [7, 11) is 0. The number of halogens is 1. The van der Waals surface area contributed by atoms with Gasteiger partial charge in [-0.05, 0) is 56.0 Å². The fourth-order valence-corrected chi connectivity index (χ4v) is 3.03. The Morgan fingerprint density at radius 2 is 1.95 bits per heavy atom. The maximum absolute atomic E-state index is 13.9. The van der Waals surface area contributed by atoms with Crippen molar-refractivity contribution in [3.05, 3.63) is 58.9 Å². The molecule has 3 heteroatoms. The molecular weight excluding hydrogens is 265 g/mol. The lowest BCUT2D eigenvalue weighted by molar-refractivity contribution is 0.199. The standard InChI is InChI=1S/C18H20FNO/c1-12-10-18(15(13(2)21)11-16(12)19)20-9-5-7-14-6-3-4-8-17(14)20/h3-4,6,8,10-11,13,21H,5,7,9H2,1-2H3/t13-/m0/s1. The molecule has 1 atom stereocenters. The predicted octanol–water partition coefficient (Wildman–Crippen LogP) is 4.27. The van der Waals surface area contributed by atoms with Crippen molar-refractivity contribution in [2.75, 3.05) is 11.4 Å². The highest BCUT2D eigenvalue weighted by atomic mass is 19.1. The Hall–Kier alpha value is -1.87. The summed E-state index contributed by atoms with van der Waals surface area (Å²) in [6.45, 7) is 4.34. The van der Waals surface area contributed by atoms with Gasteiger partial charge in [0.15, 0.2) is 0 Å². The number of aliphatic hydroxyl groups is 1. The number of nitrogens with zero attached hydrogens (tertiary/aromatic N) is 1. The highest BCUT2D eigenvalue weighted by Gasteiger charge is 2.22. The van der Waals surface area contributed by atoms with Crippen LogP contribution in [0.5, 0.6) is 0 Å². The summed E-state index contributed by atoms with van der Waals surface area (Å²) in [6.07, 6.45) is 1.44. The van der Waals surface area contributed by atoms with Gasteiger partial charge in [0.1, 0.15) is 5.82 Å². The quantitative estimate of drug-likeness (QED) is 0.890. The van der Waals surface area contributed by atoms with E-state index in [-0.39, 0.29) is 5.82 Å². The molecule has 3 rings (SSSR count). The fraction of sp³-hybridized carbons (Fsp3) is 0.333. The van der Waals surface area contributed by atoms with E-state index in [1.807, 2.05) is 18.2 Å². The van der Waals surface area contributed by atoms with E-state index in [0.717, 1.165) is 30.8 Å². The molecule has 1 aliphatic rings. The molecule has 2 aromatic rings. The van der Waals surface area contributed by atoms with E-state index >= 15 is 0 Å². The molecule has 0 spiro atoms. The summed E-state index contributed by atoms with van der Waals surface area (Å²) in [5, 5.41) is 10.0. The molecule has 0 fully saturated rings. The minimum absolute atomic E-state index is 0.264. The SMILES string of the molecule is Cc1cc(N2CCCc3ccccc32)c([C@H](C)O)cc1F. The Morgan fingerprint density at radius 3 is 2.71 bits per heavy atom. The van der Waals surface area contributed by atoms with Crippen molar-refractivity contribution < 1.29 is 9.50 Å². The topological polar surface area (TPSA) is 23.5 Å². The van der Waals surface area contributed by atoms with Gasteiger partial charge < -0.3 is 10.0 Å². The van der Waals surface area contributed by atoms with Crippen molar-refractivity contribution in [2.24, 2.45) is 0 Å². The summed E-state index contributed by atoms with van der Waals surface area (Å²) in [5.41, 5.74) is 4.64. The van der Waals surface area contributed by atoms with Crippen LogP contribution in [0.1, 0.15) is 36.1 Å². The van der Waals surface area contributed by atoms with Crippen molar-refractivity contribution in [3.63, 3.8) is 0 Å². The molecule has 2 aromatic carbocycles. The number of benzene rings is 2. The lowest BCUT2D eigenvalue weighted by Crippen LogP contribution is -2.26. The smallest absolute Gasteiger partial charge is 0.126 e. The Bertz CT molecular complexity index is 666. The molecule has 0 bridgehead atoms. The fourth-order valence-electron chi connectivity index (χ4n) is 3.03. The van der Waals surface area contributed by atoms with Gasteiger partial charge in [0.25, 0.3) is 0 Å². The van der Waals surface area contributed by atoms with Crippen LogP contribution in [0, 0.1) is 12.7 Å². The molecule has 0 unspecified atom stereocenters. The molecule has 1 aliphatic heterocycles. The van der Waals surface area contributed by atoms with Gasteiger partial charge in [-0.2, -0.15) is 0 Å². The van der Waals surface area contributed by atoms with Crippen LogP contribution in [0.15, 0.2) is 36.4 Å². The van der Waals surface area contributed by atoms with Gasteiger partial charge in [-0.25, -0.2) is 4.39 Å². The summed E-state index contributed by atoms with van der Waals surface area (Å²) in [5.74, 6) is -0.264. The number of aryl methyl sites for hydroxylation is 2. The average molecular weight is 285 g/mol. The highest BCUT2D eigenvalue weighted by molar-refractivity contribution is 5.71. The number of aliphatic hydroxyl groups excluding tert-OH is 1. The first kappa shape index (κ1) is 14.1. The van der Waals surface area contributed by atoms with E-state index in [1.165, 1.54) is 11.6 Å². The van der Waals surface area contributed by atoms with Crippen molar-refractivity contribution in [1.82, 2.24) is 0 Å². The van der Waals surface area contributed by atoms with E-state index in [2.05, 4.69) is 17.0 Å². The molecule has 110 valence electrons. The number of hydrogen-bond acceptors (Lipinski definition) is 2. The zero-order chi connectivity index (χ0) is 15.0. The van der Waals surface area contributed by atoms with Crippen molar-refractivity contribution in [2.45, 2.75) is 32.8 Å². The highest BCUT2D eigenvalue weighted by Crippen LogP contribution is 2.38. The maximum atomic E-state index is 13.9. The minimum Gasteiger partial charge on any atom is -0.389 e. The molecule has 0 aromatic heterocycles. The Balaban J connectivity index is 2.15. The van der Waals surface area contributed by atoms with E-state index in [1.54, 1.807) is 13.8 Å². The number of fused-ring (bicyclic) bond motifs is 1. The molecule has 0 aliphatic carbocycles. The second-order valence-corrected chi connectivity index (χ2v) is 5.72. The molecule has 21 heavy (non-hydrogen) atoms. The van der Waals surface area contributed by atoms with Crippen LogP contribution >= 0.6 is 0 Å². The van der Waals surface area contributed by atoms with E-state index in [0.29, 0.717) is 11.1 Å². The number of hydrogen-bond donors (Lipinski definition) is 1. The second-order valence-electron chi connectivity index (χ2n) is 5.72. The van der Waals surface area contributed by atoms with Crippen LogP contribution in [0.25, 0.3) is 0 Å². The molecule has 0 saturated carbocycles. The van der Waals surface area contributed by atoms with E-state index < -0.39 is 6.10 Å². The zero-order valence-electron chi connectivity index (χ0n) is 12.4. The monoisotopic (exact) mass is 285 g/mol. The third-order valence-corrected chi connectivity index (χ3v) is 4.16. The van der Waals surface area contributed by atoms with Crippen molar-refractivity contribution >= 4 is 11.4 Å². The van der Waals surface area contributed by atoms with Crippen molar-refractivity contribution in [3.8, 4) is 0 Å². The van der Waals surface area contributed by atoms with Crippen LogP contribution in [-0.4, -0.2) is 11.7 Å². The first-order valence-corrected chi connectivity index (χ1v) is 7.41. The van der Waals surface area contributed by atoms with Gasteiger partial charge >= 0.3 is 0 Å². The summed E-state index contributed by atoms with van der Waals surface area (Å²) < 4.78 is 13.9. The Morgan fingerprint density at radius 1 is 1.19 bits per heavy atom. The molecule has 2 nitrogen and oxygen atoms in total. The van der Waals surface area contributed by atoms with Gasteiger partial charge in [0.2, 0.25) is 0 Å². The van der Waals surface area contributed by atoms with Gasteiger partial charge in [-0.3, -0.25) is 0 Å². The van der Waals surface area contributed by atoms with Crippen LogP contribution in [-0.2, 0) is 6.42 Å². The lowest BCUT2D eigenvalue weighted by Gasteiger charge is -2.33. The summed E-state index contributed by atoms with van der Waals surface area (Å²) in [6, 6.07) is 11.6. The largest absolute Gasteiger partial charge is 0.389 e. The van der Waals surface area contributed by atoms with Crippen LogP contribution in [0.2, 0.25) is 0 Å². The number of rotatable bonds is 2. The second kappa shape index (κ2) is 5.49. The predicted molar refractivity (Wildman–Crippen MR) is 83.5 cm³/mol. The van der Waals surface area contributed by atoms with E-state index in [9.17, 15) is 9.50 Å². The zero-order valence-corrected chi connectivity index (χ0v) is 12.4. The third kappa shape index (κ3) is 2.54. The molecule has 0 radical (unpaired) electrons.